The van der Waals surface area contributed by atoms with Crippen LogP contribution < -0.4 is 4.74 Å². The second-order valence-corrected chi connectivity index (χ2v) is 8.11. The molecule has 1 aromatic carbocycles. The number of nitrogens with one attached hydrogen (secondary N) is 1. The van der Waals surface area contributed by atoms with E-state index in [0.717, 1.165) is 17.9 Å². The van der Waals surface area contributed by atoms with Crippen LogP contribution in [-0.2, 0) is 11.3 Å². The molecule has 2 aromatic rings. The molecule has 2 aliphatic heterocycles. The lowest BCUT2D eigenvalue weighted by Gasteiger charge is -2.22. The molecule has 0 spiro atoms. The van der Waals surface area contributed by atoms with E-state index in [9.17, 15) is 4.79 Å². The number of amides is 1. The molecule has 154 valence electrons. The highest BCUT2D eigenvalue weighted by Crippen LogP contribution is 2.27. The van der Waals surface area contributed by atoms with Gasteiger partial charge < -0.3 is 9.30 Å². The number of carbonyl (C=O) groups is 1. The van der Waals surface area contributed by atoms with Crippen molar-refractivity contribution < 1.29 is 9.53 Å². The zero-order valence-corrected chi connectivity index (χ0v) is 17.9. The van der Waals surface area contributed by atoms with Gasteiger partial charge in [0.25, 0.3) is 5.91 Å². The largest absolute Gasteiger partial charge is 0.492 e. The lowest BCUT2D eigenvalue weighted by atomic mass is 9.99. The predicted octanol–water partition coefficient (Wildman–Crippen LogP) is 4.86. The Bertz CT molecular complexity index is 1050. The zero-order valence-electron chi connectivity index (χ0n) is 17.0. The van der Waals surface area contributed by atoms with E-state index < -0.39 is 0 Å². The van der Waals surface area contributed by atoms with E-state index in [0.29, 0.717) is 24.2 Å². The average Bonchev–Trinajstić information content (AvgIpc) is 3.40. The summed E-state index contributed by atoms with van der Waals surface area (Å²) in [5.41, 5.74) is 2.45. The SMILES string of the molecule is CCC(C)c1ccc(OCCn2cccc2C=C2C(=N)N3C=CSC3=NC2=O)cc1. The molecule has 1 unspecified atom stereocenters. The number of hydrogen-bond donors (Lipinski definition) is 1. The van der Waals surface area contributed by atoms with E-state index in [4.69, 9.17) is 10.1 Å². The van der Waals surface area contributed by atoms with Crippen molar-refractivity contribution >= 4 is 34.7 Å². The lowest BCUT2D eigenvalue weighted by Crippen LogP contribution is -2.35. The number of amidine groups is 2. The molecule has 6 nitrogen and oxygen atoms in total. The minimum absolute atomic E-state index is 0.150. The molecule has 1 atom stereocenters. The Balaban J connectivity index is 1.42. The second kappa shape index (κ2) is 8.75. The Labute approximate surface area is 180 Å². The summed E-state index contributed by atoms with van der Waals surface area (Å²) >= 11 is 1.34. The fraction of sp³-hybridized carbons (Fsp3) is 0.261. The lowest BCUT2D eigenvalue weighted by molar-refractivity contribution is -0.114. The third kappa shape index (κ3) is 4.11. The van der Waals surface area contributed by atoms with E-state index in [1.807, 2.05) is 40.4 Å². The molecule has 1 N–H and O–H groups in total. The summed E-state index contributed by atoms with van der Waals surface area (Å²) in [6.45, 7) is 5.55. The van der Waals surface area contributed by atoms with Crippen LogP contribution in [0.2, 0.25) is 0 Å². The number of rotatable bonds is 7. The van der Waals surface area contributed by atoms with Gasteiger partial charge in [-0.05, 0) is 53.7 Å². The molecule has 30 heavy (non-hydrogen) atoms. The number of ether oxygens (including phenoxy) is 1. The molecule has 1 amide bonds. The van der Waals surface area contributed by atoms with Crippen LogP contribution in [0.1, 0.15) is 37.4 Å². The van der Waals surface area contributed by atoms with Gasteiger partial charge in [0.05, 0.1) is 12.1 Å². The van der Waals surface area contributed by atoms with Gasteiger partial charge in [-0.2, -0.15) is 4.99 Å². The molecule has 0 saturated heterocycles. The monoisotopic (exact) mass is 420 g/mol. The summed E-state index contributed by atoms with van der Waals surface area (Å²) < 4.78 is 7.91. The first-order valence-corrected chi connectivity index (χ1v) is 10.9. The number of aromatic nitrogens is 1. The molecule has 0 aliphatic carbocycles. The number of fused-ring (bicyclic) bond motifs is 1. The Morgan fingerprint density at radius 3 is 2.83 bits per heavy atom. The zero-order chi connectivity index (χ0) is 21.1. The topological polar surface area (TPSA) is 70.7 Å². The number of thioether (sulfide) groups is 1. The Kier molecular flexibility index (Phi) is 5.90. The fourth-order valence-corrected chi connectivity index (χ4v) is 4.04. The molecule has 3 heterocycles. The van der Waals surface area contributed by atoms with Gasteiger partial charge in [-0.3, -0.25) is 15.1 Å². The number of benzene rings is 1. The quantitative estimate of drug-likeness (QED) is 0.650. The molecule has 1 aromatic heterocycles. The highest BCUT2D eigenvalue weighted by atomic mass is 32.2. The number of carbonyl (C=O) groups excluding carboxylic acids is 1. The summed E-state index contributed by atoms with van der Waals surface area (Å²) in [5, 5.41) is 10.7. The van der Waals surface area contributed by atoms with Crippen molar-refractivity contribution in [2.45, 2.75) is 32.7 Å². The van der Waals surface area contributed by atoms with Gasteiger partial charge in [-0.1, -0.05) is 37.7 Å². The summed E-state index contributed by atoms with van der Waals surface area (Å²) in [7, 11) is 0. The van der Waals surface area contributed by atoms with Crippen molar-refractivity contribution in [3.8, 4) is 5.75 Å². The van der Waals surface area contributed by atoms with E-state index in [-0.39, 0.29) is 17.3 Å². The van der Waals surface area contributed by atoms with Crippen LogP contribution >= 0.6 is 11.8 Å². The first-order chi connectivity index (χ1) is 14.6. The van der Waals surface area contributed by atoms with Gasteiger partial charge in [0.1, 0.15) is 18.2 Å². The average molecular weight is 421 g/mol. The molecule has 0 fully saturated rings. The standard InChI is InChI=1S/C23H24N4O2S/c1-3-16(2)17-6-8-19(9-7-17)29-13-11-26-10-4-5-18(26)15-20-21(24)27-12-14-30-23(27)25-22(20)28/h4-10,12,14-16,24H,3,11,13H2,1-2H3. The van der Waals surface area contributed by atoms with E-state index in [1.54, 1.807) is 17.2 Å². The minimum Gasteiger partial charge on any atom is -0.492 e. The normalized spacial score (nSPS) is 18.0. The Hall–Kier alpha value is -3.06. The van der Waals surface area contributed by atoms with Crippen molar-refractivity contribution in [2.75, 3.05) is 6.61 Å². The fourth-order valence-electron chi connectivity index (χ4n) is 3.33. The van der Waals surface area contributed by atoms with Gasteiger partial charge in [-0.15, -0.1) is 0 Å². The third-order valence-electron chi connectivity index (χ3n) is 5.33. The van der Waals surface area contributed by atoms with Gasteiger partial charge in [0, 0.05) is 18.1 Å². The highest BCUT2D eigenvalue weighted by Gasteiger charge is 2.31. The maximum absolute atomic E-state index is 12.4. The molecule has 4 rings (SSSR count). The van der Waals surface area contributed by atoms with Crippen LogP contribution in [0, 0.1) is 5.41 Å². The summed E-state index contributed by atoms with van der Waals surface area (Å²) in [6, 6.07) is 12.1. The van der Waals surface area contributed by atoms with Crippen LogP contribution in [-0.4, -0.2) is 33.0 Å². The van der Waals surface area contributed by atoms with Crippen molar-refractivity contribution in [1.29, 1.82) is 5.41 Å². The van der Waals surface area contributed by atoms with Crippen molar-refractivity contribution in [2.24, 2.45) is 4.99 Å². The first-order valence-electron chi connectivity index (χ1n) is 10.0. The van der Waals surface area contributed by atoms with E-state index in [1.165, 1.54) is 17.3 Å². The van der Waals surface area contributed by atoms with Crippen molar-refractivity contribution in [1.82, 2.24) is 9.47 Å². The van der Waals surface area contributed by atoms with Crippen LogP contribution in [0.25, 0.3) is 6.08 Å². The maximum Gasteiger partial charge on any atom is 0.283 e. The summed E-state index contributed by atoms with van der Waals surface area (Å²) in [5.74, 6) is 1.16. The second-order valence-electron chi connectivity index (χ2n) is 7.23. The molecule has 7 heteroatoms. The molecule has 0 saturated carbocycles. The summed E-state index contributed by atoms with van der Waals surface area (Å²) in [4.78, 5) is 18.1. The van der Waals surface area contributed by atoms with Gasteiger partial charge in [-0.25, -0.2) is 0 Å². The minimum atomic E-state index is -0.382. The first kappa shape index (κ1) is 20.2. The Morgan fingerprint density at radius 2 is 2.07 bits per heavy atom. The number of hydrogen-bond acceptors (Lipinski definition) is 4. The molecular weight excluding hydrogens is 396 g/mol. The van der Waals surface area contributed by atoms with Crippen LogP contribution in [0.5, 0.6) is 5.75 Å². The smallest absolute Gasteiger partial charge is 0.283 e. The third-order valence-corrected chi connectivity index (χ3v) is 6.09. The van der Waals surface area contributed by atoms with Crippen molar-refractivity contribution in [3.63, 3.8) is 0 Å². The van der Waals surface area contributed by atoms with Crippen LogP contribution in [0.3, 0.4) is 0 Å². The van der Waals surface area contributed by atoms with Gasteiger partial charge in [0.15, 0.2) is 5.17 Å². The molecule has 0 bridgehead atoms. The molecule has 2 aliphatic rings. The summed E-state index contributed by atoms with van der Waals surface area (Å²) in [6.07, 6.45) is 6.54. The molecule has 0 radical (unpaired) electrons. The Morgan fingerprint density at radius 1 is 1.27 bits per heavy atom. The van der Waals surface area contributed by atoms with E-state index >= 15 is 0 Å². The molecular formula is C23H24N4O2S. The van der Waals surface area contributed by atoms with E-state index in [2.05, 4.69) is 31.0 Å². The predicted molar refractivity (Wildman–Crippen MR) is 122 cm³/mol. The van der Waals surface area contributed by atoms with Crippen molar-refractivity contribution in [3.05, 3.63) is 71.0 Å². The van der Waals surface area contributed by atoms with Gasteiger partial charge >= 0.3 is 0 Å². The number of nitrogens with zero attached hydrogens (tertiary/aromatic N) is 3. The number of aliphatic imine (C=N–C) groups is 1. The maximum atomic E-state index is 12.4. The van der Waals surface area contributed by atoms with Gasteiger partial charge in [0.2, 0.25) is 0 Å². The highest BCUT2D eigenvalue weighted by molar-refractivity contribution is 8.16. The van der Waals surface area contributed by atoms with Crippen LogP contribution in [0.4, 0.5) is 0 Å². The van der Waals surface area contributed by atoms with Crippen LogP contribution in [0.15, 0.2) is 64.8 Å².